The van der Waals surface area contributed by atoms with Crippen LogP contribution in [0.15, 0.2) is 18.3 Å². The first kappa shape index (κ1) is 12.8. The van der Waals surface area contributed by atoms with Crippen LogP contribution in [0.4, 0.5) is 5.82 Å². The van der Waals surface area contributed by atoms with Gasteiger partial charge in [-0.15, -0.1) is 0 Å². The van der Waals surface area contributed by atoms with Crippen molar-refractivity contribution >= 4 is 11.7 Å². The number of nitrogen functional groups attached to an aromatic ring is 1. The molecular formula is C13H20N4O. The summed E-state index contributed by atoms with van der Waals surface area (Å²) < 4.78 is 0. The number of pyridine rings is 1. The Kier molecular flexibility index (Phi) is 3.81. The second-order valence-corrected chi connectivity index (χ2v) is 5.07. The number of anilines is 1. The average Bonchev–Trinajstić information content (AvgIpc) is 2.41. The van der Waals surface area contributed by atoms with E-state index in [-0.39, 0.29) is 5.91 Å². The molecule has 2 rings (SSSR count). The Balaban J connectivity index is 2.13. The van der Waals surface area contributed by atoms with Crippen LogP contribution in [0.25, 0.3) is 0 Å². The number of hydrazine groups is 1. The van der Waals surface area contributed by atoms with Gasteiger partial charge in [0, 0.05) is 18.8 Å². The molecule has 0 aromatic carbocycles. The lowest BCUT2D eigenvalue weighted by atomic mass is 9.94. The zero-order valence-electron chi connectivity index (χ0n) is 10.9. The molecule has 2 heterocycles. The van der Waals surface area contributed by atoms with Crippen LogP contribution in [0.3, 0.4) is 0 Å². The first-order chi connectivity index (χ1) is 8.61. The van der Waals surface area contributed by atoms with Gasteiger partial charge in [-0.05, 0) is 37.8 Å². The number of nitrogens with two attached hydrogens (primary N) is 1. The lowest BCUT2D eigenvalue weighted by molar-refractivity contribution is 0.0573. The van der Waals surface area contributed by atoms with E-state index in [4.69, 9.17) is 5.84 Å². The molecule has 0 aliphatic carbocycles. The van der Waals surface area contributed by atoms with Gasteiger partial charge in [0.05, 0.1) is 5.56 Å². The molecule has 5 nitrogen and oxygen atoms in total. The van der Waals surface area contributed by atoms with Gasteiger partial charge in [0.25, 0.3) is 5.91 Å². The van der Waals surface area contributed by atoms with Gasteiger partial charge in [-0.3, -0.25) is 4.79 Å². The monoisotopic (exact) mass is 248 g/mol. The van der Waals surface area contributed by atoms with E-state index in [1.165, 1.54) is 6.42 Å². The molecule has 1 amide bonds. The maximum absolute atomic E-state index is 12.4. The van der Waals surface area contributed by atoms with E-state index >= 15 is 0 Å². The molecule has 0 saturated carbocycles. The third kappa shape index (κ3) is 2.61. The predicted octanol–water partition coefficient (Wildman–Crippen LogP) is 1.63. The molecule has 1 saturated heterocycles. The third-order valence-electron chi connectivity index (χ3n) is 3.54. The van der Waals surface area contributed by atoms with Crippen molar-refractivity contribution in [1.82, 2.24) is 9.88 Å². The highest BCUT2D eigenvalue weighted by Crippen LogP contribution is 2.23. The Morgan fingerprint density at radius 1 is 1.44 bits per heavy atom. The zero-order valence-corrected chi connectivity index (χ0v) is 10.9. The Labute approximate surface area is 107 Å². The molecule has 3 N–H and O–H groups in total. The molecule has 1 aliphatic rings. The summed E-state index contributed by atoms with van der Waals surface area (Å²) in [6, 6.07) is 3.78. The molecule has 0 radical (unpaired) electrons. The Morgan fingerprint density at radius 2 is 2.22 bits per heavy atom. The van der Waals surface area contributed by atoms with Crippen LogP contribution in [-0.4, -0.2) is 28.4 Å². The number of nitrogens with one attached hydrogen (secondary N) is 1. The molecule has 2 unspecified atom stereocenters. The summed E-state index contributed by atoms with van der Waals surface area (Å²) in [5, 5.41) is 0. The second-order valence-electron chi connectivity index (χ2n) is 5.07. The summed E-state index contributed by atoms with van der Waals surface area (Å²) in [6.07, 6.45) is 3.84. The fraction of sp³-hybridized carbons (Fsp3) is 0.538. The van der Waals surface area contributed by atoms with E-state index < -0.39 is 0 Å². The van der Waals surface area contributed by atoms with Gasteiger partial charge in [0.1, 0.15) is 5.82 Å². The minimum atomic E-state index is 0.0603. The molecule has 1 fully saturated rings. The number of nitrogens with zero attached hydrogens (tertiary/aromatic N) is 2. The summed E-state index contributed by atoms with van der Waals surface area (Å²) >= 11 is 0. The third-order valence-corrected chi connectivity index (χ3v) is 3.54. The molecule has 0 bridgehead atoms. The minimum Gasteiger partial charge on any atom is -0.336 e. The Morgan fingerprint density at radius 3 is 2.83 bits per heavy atom. The number of amides is 1. The van der Waals surface area contributed by atoms with E-state index in [0.29, 0.717) is 23.3 Å². The summed E-state index contributed by atoms with van der Waals surface area (Å²) in [4.78, 5) is 18.4. The maximum Gasteiger partial charge on any atom is 0.255 e. The van der Waals surface area contributed by atoms with E-state index in [1.54, 1.807) is 18.3 Å². The predicted molar refractivity (Wildman–Crippen MR) is 70.9 cm³/mol. The second kappa shape index (κ2) is 5.35. The van der Waals surface area contributed by atoms with Crippen molar-refractivity contribution < 1.29 is 4.79 Å². The van der Waals surface area contributed by atoms with Gasteiger partial charge in [-0.2, -0.15) is 0 Å². The van der Waals surface area contributed by atoms with Crippen molar-refractivity contribution in [2.24, 2.45) is 11.8 Å². The zero-order chi connectivity index (χ0) is 13.1. The topological polar surface area (TPSA) is 71.2 Å². The summed E-state index contributed by atoms with van der Waals surface area (Å²) in [6.45, 7) is 5.12. The van der Waals surface area contributed by atoms with Crippen LogP contribution >= 0.6 is 0 Å². The van der Waals surface area contributed by atoms with Gasteiger partial charge in [0.2, 0.25) is 0 Å². The fourth-order valence-electron chi connectivity index (χ4n) is 2.34. The summed E-state index contributed by atoms with van der Waals surface area (Å²) in [7, 11) is 0. The molecular weight excluding hydrogens is 228 g/mol. The number of piperidine rings is 1. The largest absolute Gasteiger partial charge is 0.336 e. The first-order valence-electron chi connectivity index (χ1n) is 6.35. The lowest BCUT2D eigenvalue weighted by Gasteiger charge is -2.36. The van der Waals surface area contributed by atoms with Crippen molar-refractivity contribution in [3.8, 4) is 0 Å². The molecule has 1 aliphatic heterocycles. The number of carbonyl (C=O) groups excluding carboxylic acids is 1. The number of hydrogen-bond acceptors (Lipinski definition) is 4. The van der Waals surface area contributed by atoms with Gasteiger partial charge in [-0.25, -0.2) is 10.8 Å². The van der Waals surface area contributed by atoms with E-state index in [1.807, 2.05) is 4.90 Å². The molecule has 1 aromatic rings. The molecule has 1 aromatic heterocycles. The van der Waals surface area contributed by atoms with Gasteiger partial charge >= 0.3 is 0 Å². The normalized spacial score (nSPS) is 23.8. The van der Waals surface area contributed by atoms with Gasteiger partial charge in [-0.1, -0.05) is 6.92 Å². The van der Waals surface area contributed by atoms with Gasteiger partial charge in [0.15, 0.2) is 0 Å². The smallest absolute Gasteiger partial charge is 0.255 e. The quantitative estimate of drug-likeness (QED) is 0.616. The number of carbonyl (C=O) groups is 1. The number of aromatic nitrogens is 1. The van der Waals surface area contributed by atoms with Crippen molar-refractivity contribution in [3.05, 3.63) is 23.9 Å². The van der Waals surface area contributed by atoms with Gasteiger partial charge < -0.3 is 10.3 Å². The first-order valence-corrected chi connectivity index (χ1v) is 6.35. The molecule has 0 spiro atoms. The SMILES string of the molecule is CC1CCC(C)N(C(=O)c2ccc(NN)nc2)C1. The van der Waals surface area contributed by atoms with Crippen molar-refractivity contribution in [2.45, 2.75) is 32.7 Å². The highest BCUT2D eigenvalue weighted by atomic mass is 16.2. The maximum atomic E-state index is 12.4. The van der Waals surface area contributed by atoms with E-state index in [9.17, 15) is 4.79 Å². The Bertz CT molecular complexity index is 418. The van der Waals surface area contributed by atoms with Crippen LogP contribution in [0.1, 0.15) is 37.0 Å². The minimum absolute atomic E-state index is 0.0603. The fourth-order valence-corrected chi connectivity index (χ4v) is 2.34. The van der Waals surface area contributed by atoms with Crippen molar-refractivity contribution in [2.75, 3.05) is 12.0 Å². The highest BCUT2D eigenvalue weighted by Gasteiger charge is 2.27. The molecule has 98 valence electrons. The standard InChI is InChI=1S/C13H20N4O/c1-9-3-4-10(2)17(8-9)13(18)11-5-6-12(16-14)15-7-11/h5-7,9-10H,3-4,8,14H2,1-2H3,(H,15,16). The molecule has 2 atom stereocenters. The van der Waals surface area contributed by atoms with Crippen LogP contribution < -0.4 is 11.3 Å². The van der Waals surface area contributed by atoms with Crippen LogP contribution in [0, 0.1) is 5.92 Å². The summed E-state index contributed by atoms with van der Waals surface area (Å²) in [5.41, 5.74) is 3.07. The van der Waals surface area contributed by atoms with Crippen LogP contribution in [0.5, 0.6) is 0 Å². The van der Waals surface area contributed by atoms with E-state index in [2.05, 4.69) is 24.3 Å². The molecule has 5 heteroatoms. The van der Waals surface area contributed by atoms with Crippen LogP contribution in [-0.2, 0) is 0 Å². The summed E-state index contributed by atoms with van der Waals surface area (Å²) in [5.74, 6) is 6.45. The highest BCUT2D eigenvalue weighted by molar-refractivity contribution is 5.94. The average molecular weight is 248 g/mol. The van der Waals surface area contributed by atoms with Crippen molar-refractivity contribution in [3.63, 3.8) is 0 Å². The van der Waals surface area contributed by atoms with Crippen molar-refractivity contribution in [1.29, 1.82) is 0 Å². The lowest BCUT2D eigenvalue weighted by Crippen LogP contribution is -2.44. The number of rotatable bonds is 2. The number of likely N-dealkylation sites (tertiary alicyclic amines) is 1. The molecule has 18 heavy (non-hydrogen) atoms. The van der Waals surface area contributed by atoms with Crippen LogP contribution in [0.2, 0.25) is 0 Å². The number of hydrogen-bond donors (Lipinski definition) is 2. The van der Waals surface area contributed by atoms with E-state index in [0.717, 1.165) is 13.0 Å². The Hall–Kier alpha value is -1.62.